The molecule has 0 saturated heterocycles. The summed E-state index contributed by atoms with van der Waals surface area (Å²) in [6.07, 6.45) is 2.24. The van der Waals surface area contributed by atoms with E-state index in [1.807, 2.05) is 72.8 Å². The first-order valence-electron chi connectivity index (χ1n) is 12.2. The second-order valence-corrected chi connectivity index (χ2v) is 9.76. The predicted octanol–water partition coefficient (Wildman–Crippen LogP) is 8.39. The topological polar surface area (TPSA) is 51.6 Å². The van der Waals surface area contributed by atoms with Crippen LogP contribution in [-0.2, 0) is 12.8 Å². The van der Waals surface area contributed by atoms with Gasteiger partial charge in [0.25, 0.3) is 0 Å². The van der Waals surface area contributed by atoms with Crippen molar-refractivity contribution in [2.24, 2.45) is 0 Å². The third kappa shape index (κ3) is 5.04. The van der Waals surface area contributed by atoms with Gasteiger partial charge in [-0.1, -0.05) is 83.9 Å². The molecule has 6 rings (SSSR count). The average molecular weight is 521 g/mol. The number of halogens is 2. The first kappa shape index (κ1) is 23.5. The largest absolute Gasteiger partial charge is 0.233 e. The van der Waals surface area contributed by atoms with Crippen molar-refractivity contribution in [1.29, 1.82) is 0 Å². The van der Waals surface area contributed by atoms with Gasteiger partial charge in [-0.3, -0.25) is 0 Å². The fraction of sp³-hybridized carbons (Fsp3) is 0.0968. The second-order valence-electron chi connectivity index (χ2n) is 8.89. The van der Waals surface area contributed by atoms with Crippen molar-refractivity contribution >= 4 is 45.0 Å². The van der Waals surface area contributed by atoms with Crippen molar-refractivity contribution in [1.82, 2.24) is 19.9 Å². The quantitative estimate of drug-likeness (QED) is 0.221. The number of aromatic nitrogens is 4. The predicted molar refractivity (Wildman–Crippen MR) is 152 cm³/mol. The van der Waals surface area contributed by atoms with Crippen molar-refractivity contribution in [3.8, 4) is 22.5 Å². The van der Waals surface area contributed by atoms with E-state index in [1.54, 1.807) is 0 Å². The Labute approximate surface area is 225 Å². The highest BCUT2D eigenvalue weighted by Gasteiger charge is 2.13. The van der Waals surface area contributed by atoms with Crippen LogP contribution in [0.1, 0.15) is 18.1 Å². The van der Waals surface area contributed by atoms with Crippen LogP contribution in [-0.4, -0.2) is 19.9 Å². The van der Waals surface area contributed by atoms with Crippen LogP contribution in [0.15, 0.2) is 97.1 Å². The lowest BCUT2D eigenvalue weighted by atomic mass is 10.1. The molecule has 0 aliphatic heterocycles. The minimum absolute atomic E-state index is 0.671. The van der Waals surface area contributed by atoms with E-state index in [9.17, 15) is 0 Å². The Hall–Kier alpha value is -3.86. The van der Waals surface area contributed by atoms with E-state index in [0.29, 0.717) is 22.9 Å². The third-order valence-electron chi connectivity index (χ3n) is 6.30. The molecule has 0 amide bonds. The Bertz CT molecular complexity index is 1590. The summed E-state index contributed by atoms with van der Waals surface area (Å²) >= 11 is 12.6. The normalized spacial score (nSPS) is 11.3. The summed E-state index contributed by atoms with van der Waals surface area (Å²) in [6, 6.07) is 31.8. The average Bonchev–Trinajstić information content (AvgIpc) is 2.93. The molecular formula is C31H22Cl2N4. The maximum atomic E-state index is 6.30. The monoisotopic (exact) mass is 520 g/mol. The Balaban J connectivity index is 1.31. The highest BCUT2D eigenvalue weighted by molar-refractivity contribution is 6.31. The summed E-state index contributed by atoms with van der Waals surface area (Å²) in [5.74, 6) is 1.59. The molecule has 0 aliphatic carbocycles. The Kier molecular flexibility index (Phi) is 6.52. The molecule has 0 saturated carbocycles. The lowest BCUT2D eigenvalue weighted by Gasteiger charge is -2.11. The number of fused-ring (bicyclic) bond motifs is 2. The fourth-order valence-corrected chi connectivity index (χ4v) is 4.90. The Morgan fingerprint density at radius 3 is 1.35 bits per heavy atom. The third-order valence-corrected chi connectivity index (χ3v) is 6.77. The molecule has 2 heterocycles. The van der Waals surface area contributed by atoms with Gasteiger partial charge >= 0.3 is 0 Å². The first-order valence-corrected chi connectivity index (χ1v) is 12.9. The number of benzene rings is 4. The van der Waals surface area contributed by atoms with Gasteiger partial charge in [0.05, 0.1) is 22.4 Å². The van der Waals surface area contributed by atoms with Crippen LogP contribution >= 0.6 is 23.2 Å². The van der Waals surface area contributed by atoms with Gasteiger partial charge in [0.15, 0.2) is 0 Å². The molecule has 0 spiro atoms. The van der Waals surface area contributed by atoms with Crippen molar-refractivity contribution in [2.45, 2.75) is 19.3 Å². The molecule has 180 valence electrons. The molecule has 6 aromatic rings. The molecule has 6 heteroatoms. The van der Waals surface area contributed by atoms with E-state index >= 15 is 0 Å². The smallest absolute Gasteiger partial charge is 0.129 e. The van der Waals surface area contributed by atoms with Gasteiger partial charge in [0.2, 0.25) is 0 Å². The zero-order chi connectivity index (χ0) is 25.2. The summed E-state index contributed by atoms with van der Waals surface area (Å²) in [5.41, 5.74) is 5.66. The lowest BCUT2D eigenvalue weighted by molar-refractivity contribution is 0.747. The van der Waals surface area contributed by atoms with E-state index in [4.69, 9.17) is 43.1 Å². The Morgan fingerprint density at radius 1 is 0.486 bits per heavy atom. The second kappa shape index (κ2) is 10.3. The number of nitrogens with zero attached hydrogens (tertiary/aromatic N) is 4. The zero-order valence-electron chi connectivity index (χ0n) is 19.9. The van der Waals surface area contributed by atoms with Gasteiger partial charge in [-0.15, -0.1) is 0 Å². The molecular weight excluding hydrogens is 499 g/mol. The highest BCUT2D eigenvalue weighted by Crippen LogP contribution is 2.30. The maximum Gasteiger partial charge on any atom is 0.129 e. The van der Waals surface area contributed by atoms with Gasteiger partial charge in [0, 0.05) is 44.8 Å². The summed E-state index contributed by atoms with van der Waals surface area (Å²) in [5, 5.41) is 3.24. The SMILES string of the molecule is Clc1ccc2nc(CCCc3nc(-c4ccccc4)c4cc(Cl)ccc4n3)nc(-c3ccccc3)c2c1. The van der Waals surface area contributed by atoms with E-state index < -0.39 is 0 Å². The van der Waals surface area contributed by atoms with E-state index in [0.717, 1.165) is 62.4 Å². The van der Waals surface area contributed by atoms with Crippen LogP contribution in [0.2, 0.25) is 10.0 Å². The standard InChI is InChI=1S/C31H22Cl2N4/c32-22-14-16-26-24(18-22)30(20-8-3-1-4-9-20)36-28(34-26)12-7-13-29-35-27-17-15-23(33)19-25(27)31(37-29)21-10-5-2-6-11-21/h1-6,8-11,14-19H,7,12-13H2. The summed E-state index contributed by atoms with van der Waals surface area (Å²) in [6.45, 7) is 0. The molecule has 0 aliphatic rings. The van der Waals surface area contributed by atoms with Crippen LogP contribution < -0.4 is 0 Å². The molecule has 4 aromatic carbocycles. The fourth-order valence-electron chi connectivity index (χ4n) is 4.56. The summed E-state index contributed by atoms with van der Waals surface area (Å²) < 4.78 is 0. The van der Waals surface area contributed by atoms with Crippen LogP contribution in [0, 0.1) is 0 Å². The van der Waals surface area contributed by atoms with Gasteiger partial charge in [-0.05, 0) is 42.8 Å². The molecule has 0 radical (unpaired) electrons. The van der Waals surface area contributed by atoms with Crippen LogP contribution in [0.5, 0.6) is 0 Å². The first-order chi connectivity index (χ1) is 18.1. The molecule has 2 aromatic heterocycles. The maximum absolute atomic E-state index is 6.30. The summed E-state index contributed by atoms with van der Waals surface area (Å²) in [7, 11) is 0. The zero-order valence-corrected chi connectivity index (χ0v) is 21.4. The molecule has 0 unspecified atom stereocenters. The molecule has 0 atom stereocenters. The van der Waals surface area contributed by atoms with Crippen LogP contribution in [0.25, 0.3) is 44.3 Å². The van der Waals surface area contributed by atoms with E-state index in [2.05, 4.69) is 24.3 Å². The minimum atomic E-state index is 0.671. The van der Waals surface area contributed by atoms with Crippen molar-refractivity contribution in [3.05, 3.63) is 119 Å². The highest BCUT2D eigenvalue weighted by atomic mass is 35.5. The number of aryl methyl sites for hydroxylation is 2. The van der Waals surface area contributed by atoms with Crippen molar-refractivity contribution in [3.63, 3.8) is 0 Å². The van der Waals surface area contributed by atoms with Crippen molar-refractivity contribution < 1.29 is 0 Å². The van der Waals surface area contributed by atoms with Gasteiger partial charge in [0.1, 0.15) is 11.6 Å². The van der Waals surface area contributed by atoms with Gasteiger partial charge in [-0.2, -0.15) is 0 Å². The molecule has 0 bridgehead atoms. The van der Waals surface area contributed by atoms with E-state index in [1.165, 1.54) is 0 Å². The number of hydrogen-bond acceptors (Lipinski definition) is 4. The van der Waals surface area contributed by atoms with E-state index in [-0.39, 0.29) is 0 Å². The molecule has 0 fully saturated rings. The van der Waals surface area contributed by atoms with Crippen LogP contribution in [0.3, 0.4) is 0 Å². The van der Waals surface area contributed by atoms with Gasteiger partial charge < -0.3 is 0 Å². The minimum Gasteiger partial charge on any atom is -0.233 e. The number of hydrogen-bond donors (Lipinski definition) is 0. The van der Waals surface area contributed by atoms with Crippen molar-refractivity contribution in [2.75, 3.05) is 0 Å². The van der Waals surface area contributed by atoms with Gasteiger partial charge in [-0.25, -0.2) is 19.9 Å². The van der Waals surface area contributed by atoms with Crippen LogP contribution in [0.4, 0.5) is 0 Å². The Morgan fingerprint density at radius 2 is 0.919 bits per heavy atom. The lowest BCUT2D eigenvalue weighted by Crippen LogP contribution is -2.03. The molecule has 37 heavy (non-hydrogen) atoms. The molecule has 4 nitrogen and oxygen atoms in total. The molecule has 0 N–H and O–H groups in total. The summed E-state index contributed by atoms with van der Waals surface area (Å²) in [4.78, 5) is 19.6. The number of rotatable bonds is 6.